The molecular weight excluding hydrogens is 360 g/mol. The summed E-state index contributed by atoms with van der Waals surface area (Å²) in [5.74, 6) is -0.678. The van der Waals surface area contributed by atoms with Crippen LogP contribution in [-0.2, 0) is 4.79 Å². The van der Waals surface area contributed by atoms with Crippen molar-refractivity contribution in [3.05, 3.63) is 24.3 Å². The van der Waals surface area contributed by atoms with Crippen LogP contribution in [0.2, 0.25) is 0 Å². The van der Waals surface area contributed by atoms with Crippen molar-refractivity contribution >= 4 is 5.97 Å². The largest absolute Gasteiger partial charge is 0.481 e. The smallest absolute Gasteiger partial charge is 0.303 e. The topological polar surface area (TPSA) is 57.5 Å². The van der Waals surface area contributed by atoms with Crippen molar-refractivity contribution in [2.75, 3.05) is 0 Å². The Hall–Kier alpha value is -1.09. The fourth-order valence-corrected chi connectivity index (χ4v) is 3.52. The molecule has 3 heteroatoms. The van der Waals surface area contributed by atoms with Crippen LogP contribution in [-0.4, -0.2) is 22.3 Å². The first-order valence-corrected chi connectivity index (χ1v) is 12.4. The fraction of sp³-hybridized carbons (Fsp3) is 0.808. The van der Waals surface area contributed by atoms with Crippen LogP contribution in [0, 0.1) is 0 Å². The summed E-state index contributed by atoms with van der Waals surface area (Å²) in [5.41, 5.74) is 0. The Balaban J connectivity index is 3.31. The molecule has 0 radical (unpaired) electrons. The van der Waals surface area contributed by atoms with Crippen molar-refractivity contribution in [1.82, 2.24) is 0 Å². The molecule has 1 atom stereocenters. The highest BCUT2D eigenvalue weighted by Crippen LogP contribution is 2.13. The molecule has 0 amide bonds. The predicted molar refractivity (Wildman–Crippen MR) is 125 cm³/mol. The molecule has 0 rings (SSSR count). The van der Waals surface area contributed by atoms with Crippen molar-refractivity contribution in [3.8, 4) is 0 Å². The number of hydrogen-bond acceptors (Lipinski definition) is 2. The third-order valence-electron chi connectivity index (χ3n) is 5.42. The van der Waals surface area contributed by atoms with Crippen molar-refractivity contribution in [2.45, 2.75) is 135 Å². The van der Waals surface area contributed by atoms with Gasteiger partial charge in [0.1, 0.15) is 0 Å². The van der Waals surface area contributed by atoms with Crippen LogP contribution in [0.3, 0.4) is 0 Å². The van der Waals surface area contributed by atoms with Crippen molar-refractivity contribution in [1.29, 1.82) is 0 Å². The second-order valence-corrected chi connectivity index (χ2v) is 8.39. The summed E-state index contributed by atoms with van der Waals surface area (Å²) in [6.45, 7) is 2.25. The normalized spacial score (nSPS) is 12.9. The first-order chi connectivity index (χ1) is 14.2. The zero-order valence-corrected chi connectivity index (χ0v) is 19.1. The van der Waals surface area contributed by atoms with E-state index in [-0.39, 0.29) is 6.10 Å². The second-order valence-electron chi connectivity index (χ2n) is 8.39. The van der Waals surface area contributed by atoms with E-state index >= 15 is 0 Å². The number of carbonyl (C=O) groups is 1. The second kappa shape index (κ2) is 23.2. The quantitative estimate of drug-likeness (QED) is 0.141. The molecule has 0 bridgehead atoms. The van der Waals surface area contributed by atoms with Gasteiger partial charge in [-0.15, -0.1) is 0 Å². The number of aliphatic hydroxyl groups is 1. The van der Waals surface area contributed by atoms with Gasteiger partial charge in [0.15, 0.2) is 0 Å². The fourth-order valence-electron chi connectivity index (χ4n) is 3.52. The molecule has 0 aliphatic heterocycles. The summed E-state index contributed by atoms with van der Waals surface area (Å²) in [6.07, 6.45) is 29.9. The summed E-state index contributed by atoms with van der Waals surface area (Å²) in [7, 11) is 0. The van der Waals surface area contributed by atoms with Crippen molar-refractivity contribution in [2.24, 2.45) is 0 Å². The van der Waals surface area contributed by atoms with E-state index in [1.807, 2.05) is 0 Å². The van der Waals surface area contributed by atoms with Crippen LogP contribution in [0.15, 0.2) is 24.3 Å². The van der Waals surface area contributed by atoms with Crippen LogP contribution < -0.4 is 0 Å². The molecular formula is C26H48O3. The van der Waals surface area contributed by atoms with Crippen molar-refractivity contribution in [3.63, 3.8) is 0 Å². The third-order valence-corrected chi connectivity index (χ3v) is 5.42. The lowest BCUT2D eigenvalue weighted by Gasteiger charge is -2.07. The van der Waals surface area contributed by atoms with Gasteiger partial charge in [-0.1, -0.05) is 108 Å². The summed E-state index contributed by atoms with van der Waals surface area (Å²) in [5, 5.41) is 18.6. The van der Waals surface area contributed by atoms with Gasteiger partial charge in [-0.05, 0) is 38.5 Å². The SMILES string of the molecule is CCCCCCCC=CCC=CCC(O)CCCCCCCCCCCC(=O)O. The molecule has 0 aromatic heterocycles. The Morgan fingerprint density at radius 1 is 0.724 bits per heavy atom. The van der Waals surface area contributed by atoms with Gasteiger partial charge in [0, 0.05) is 6.42 Å². The first kappa shape index (κ1) is 27.9. The number of allylic oxidation sites excluding steroid dienone is 3. The maximum atomic E-state index is 10.4. The number of carboxylic acids is 1. The minimum atomic E-state index is -0.678. The van der Waals surface area contributed by atoms with Gasteiger partial charge < -0.3 is 10.2 Å². The minimum Gasteiger partial charge on any atom is -0.481 e. The summed E-state index contributed by atoms with van der Waals surface area (Å²) < 4.78 is 0. The van der Waals surface area contributed by atoms with E-state index in [0.29, 0.717) is 6.42 Å². The van der Waals surface area contributed by atoms with Gasteiger partial charge in [-0.2, -0.15) is 0 Å². The Morgan fingerprint density at radius 2 is 1.28 bits per heavy atom. The highest BCUT2D eigenvalue weighted by atomic mass is 16.4. The van der Waals surface area contributed by atoms with Gasteiger partial charge in [0.05, 0.1) is 6.10 Å². The maximum Gasteiger partial charge on any atom is 0.303 e. The lowest BCUT2D eigenvalue weighted by molar-refractivity contribution is -0.137. The highest BCUT2D eigenvalue weighted by Gasteiger charge is 2.01. The van der Waals surface area contributed by atoms with Gasteiger partial charge in [-0.3, -0.25) is 4.79 Å². The van der Waals surface area contributed by atoms with Gasteiger partial charge in [-0.25, -0.2) is 0 Å². The van der Waals surface area contributed by atoms with Crippen LogP contribution in [0.5, 0.6) is 0 Å². The minimum absolute atomic E-state index is 0.192. The molecule has 170 valence electrons. The molecule has 29 heavy (non-hydrogen) atoms. The van der Waals surface area contributed by atoms with E-state index in [2.05, 4.69) is 31.2 Å². The number of hydrogen-bond donors (Lipinski definition) is 2. The highest BCUT2D eigenvalue weighted by molar-refractivity contribution is 5.66. The lowest BCUT2D eigenvalue weighted by atomic mass is 10.0. The number of rotatable bonds is 22. The average molecular weight is 409 g/mol. The molecule has 0 saturated carbocycles. The Kier molecular flexibility index (Phi) is 22.3. The molecule has 0 aliphatic carbocycles. The van der Waals surface area contributed by atoms with Crippen LogP contribution in [0.25, 0.3) is 0 Å². The number of unbranched alkanes of at least 4 members (excludes halogenated alkanes) is 13. The third kappa shape index (κ3) is 24.9. The van der Waals surface area contributed by atoms with Crippen LogP contribution in [0.1, 0.15) is 129 Å². The molecule has 0 aromatic rings. The predicted octanol–water partition coefficient (Wildman–Crippen LogP) is 7.98. The number of aliphatic carboxylic acids is 1. The van der Waals surface area contributed by atoms with Crippen molar-refractivity contribution < 1.29 is 15.0 Å². The van der Waals surface area contributed by atoms with E-state index in [0.717, 1.165) is 44.9 Å². The van der Waals surface area contributed by atoms with E-state index in [1.165, 1.54) is 70.6 Å². The van der Waals surface area contributed by atoms with Gasteiger partial charge in [0.25, 0.3) is 0 Å². The molecule has 0 aromatic carbocycles. The summed E-state index contributed by atoms with van der Waals surface area (Å²) >= 11 is 0. The van der Waals surface area contributed by atoms with E-state index in [9.17, 15) is 9.90 Å². The molecule has 0 saturated heterocycles. The summed E-state index contributed by atoms with van der Waals surface area (Å²) in [4.78, 5) is 10.4. The van der Waals surface area contributed by atoms with E-state index in [4.69, 9.17) is 5.11 Å². The Labute approximate surface area is 180 Å². The molecule has 0 heterocycles. The number of carboxylic acid groups (broad SMARTS) is 1. The van der Waals surface area contributed by atoms with Gasteiger partial charge in [0.2, 0.25) is 0 Å². The molecule has 0 fully saturated rings. The Morgan fingerprint density at radius 3 is 1.93 bits per heavy atom. The Bertz CT molecular complexity index is 401. The monoisotopic (exact) mass is 408 g/mol. The lowest BCUT2D eigenvalue weighted by Crippen LogP contribution is -2.04. The summed E-state index contributed by atoms with van der Waals surface area (Å²) in [6, 6.07) is 0. The molecule has 1 unspecified atom stereocenters. The molecule has 0 aliphatic rings. The van der Waals surface area contributed by atoms with Crippen LogP contribution in [0.4, 0.5) is 0 Å². The van der Waals surface area contributed by atoms with E-state index < -0.39 is 5.97 Å². The number of aliphatic hydroxyl groups excluding tert-OH is 1. The van der Waals surface area contributed by atoms with Crippen LogP contribution >= 0.6 is 0 Å². The standard InChI is InChI=1S/C26H48O3/c1-2-3-4-5-6-7-8-10-13-16-19-22-25(27)23-20-17-14-11-9-12-15-18-21-24-26(28)29/h8,10,16,19,25,27H,2-7,9,11-15,17-18,20-24H2,1H3,(H,28,29). The molecule has 0 spiro atoms. The first-order valence-electron chi connectivity index (χ1n) is 12.4. The molecule has 2 N–H and O–H groups in total. The average Bonchev–Trinajstić information content (AvgIpc) is 2.70. The zero-order valence-electron chi connectivity index (χ0n) is 19.1. The van der Waals surface area contributed by atoms with Gasteiger partial charge >= 0.3 is 5.97 Å². The molecule has 3 nitrogen and oxygen atoms in total. The van der Waals surface area contributed by atoms with E-state index in [1.54, 1.807) is 0 Å². The zero-order chi connectivity index (χ0) is 21.4. The maximum absolute atomic E-state index is 10.4.